The maximum Gasteiger partial charge on any atom is 0.254 e. The highest BCUT2D eigenvalue weighted by atomic mass is 16.5. The number of piperidine rings is 1. The van der Waals surface area contributed by atoms with Crippen molar-refractivity contribution in [1.82, 2.24) is 14.7 Å². The van der Waals surface area contributed by atoms with Crippen LogP contribution in [0.4, 0.5) is 0 Å². The monoisotopic (exact) mass is 313 g/mol. The largest absolute Gasteiger partial charge is 0.376 e. The van der Waals surface area contributed by atoms with Crippen molar-refractivity contribution < 1.29 is 9.53 Å². The Bertz CT molecular complexity index is 639. The van der Waals surface area contributed by atoms with E-state index < -0.39 is 0 Å². The van der Waals surface area contributed by atoms with Crippen LogP contribution in [0.25, 0.3) is 5.69 Å². The molecule has 1 aromatic heterocycles. The van der Waals surface area contributed by atoms with Crippen LogP contribution in [-0.2, 0) is 4.74 Å². The summed E-state index contributed by atoms with van der Waals surface area (Å²) in [5, 5.41) is 4.22. The predicted octanol–water partition coefficient (Wildman–Crippen LogP) is 2.90. The molecule has 3 rings (SSSR count). The molecule has 1 fully saturated rings. The lowest BCUT2D eigenvalue weighted by Gasteiger charge is -2.32. The highest BCUT2D eigenvalue weighted by Gasteiger charge is 2.25. The normalized spacial score (nSPS) is 18.1. The summed E-state index contributed by atoms with van der Waals surface area (Å²) in [4.78, 5) is 14.7. The highest BCUT2D eigenvalue weighted by molar-refractivity contribution is 5.94. The van der Waals surface area contributed by atoms with E-state index in [1.165, 1.54) is 0 Å². The van der Waals surface area contributed by atoms with Crippen molar-refractivity contribution in [3.05, 3.63) is 48.3 Å². The number of nitrogens with zero attached hydrogens (tertiary/aromatic N) is 3. The van der Waals surface area contributed by atoms with Gasteiger partial charge >= 0.3 is 0 Å². The van der Waals surface area contributed by atoms with Crippen molar-refractivity contribution in [2.45, 2.75) is 32.3 Å². The van der Waals surface area contributed by atoms with E-state index >= 15 is 0 Å². The molecule has 1 aliphatic rings. The molecule has 0 aliphatic carbocycles. The second kappa shape index (κ2) is 7.42. The molecule has 0 unspecified atom stereocenters. The van der Waals surface area contributed by atoms with Crippen LogP contribution >= 0.6 is 0 Å². The van der Waals surface area contributed by atoms with Crippen LogP contribution in [0.5, 0.6) is 0 Å². The summed E-state index contributed by atoms with van der Waals surface area (Å²) < 4.78 is 7.59. The van der Waals surface area contributed by atoms with Gasteiger partial charge in [-0.25, -0.2) is 4.68 Å². The smallest absolute Gasteiger partial charge is 0.254 e. The molecule has 1 amide bonds. The summed E-state index contributed by atoms with van der Waals surface area (Å²) in [6, 6.07) is 9.49. The molecule has 2 heterocycles. The highest BCUT2D eigenvalue weighted by Crippen LogP contribution is 2.18. The second-order valence-electron chi connectivity index (χ2n) is 5.89. The summed E-state index contributed by atoms with van der Waals surface area (Å²) >= 11 is 0. The third kappa shape index (κ3) is 3.79. The SMILES string of the molecule is CCCO[C@@H]1CCCN(C(=O)c2cccc(-n3cccn3)c2)C1. The number of rotatable bonds is 5. The van der Waals surface area contributed by atoms with Gasteiger partial charge in [-0.15, -0.1) is 0 Å². The van der Waals surface area contributed by atoms with E-state index in [4.69, 9.17) is 4.74 Å². The van der Waals surface area contributed by atoms with E-state index in [-0.39, 0.29) is 12.0 Å². The standard InChI is InChI=1S/C18H23N3O2/c1-2-12-23-17-8-4-10-20(14-17)18(22)15-6-3-7-16(13-15)21-11-5-9-19-21/h3,5-7,9,11,13,17H,2,4,8,10,12,14H2,1H3/t17-/m1/s1. The predicted molar refractivity (Wildman–Crippen MR) is 88.7 cm³/mol. The van der Waals surface area contributed by atoms with Crippen LogP contribution in [0.1, 0.15) is 36.5 Å². The molecule has 1 aliphatic heterocycles. The van der Waals surface area contributed by atoms with Crippen molar-refractivity contribution in [2.24, 2.45) is 0 Å². The number of ether oxygens (including phenoxy) is 1. The Balaban J connectivity index is 1.71. The van der Waals surface area contributed by atoms with Crippen LogP contribution < -0.4 is 0 Å². The third-order valence-corrected chi connectivity index (χ3v) is 4.09. The minimum atomic E-state index is 0.0730. The quantitative estimate of drug-likeness (QED) is 0.853. The van der Waals surface area contributed by atoms with Crippen LogP contribution in [0.15, 0.2) is 42.7 Å². The lowest BCUT2D eigenvalue weighted by atomic mass is 10.1. The topological polar surface area (TPSA) is 47.4 Å². The zero-order valence-corrected chi connectivity index (χ0v) is 13.5. The van der Waals surface area contributed by atoms with Crippen molar-refractivity contribution in [2.75, 3.05) is 19.7 Å². The molecule has 1 atom stereocenters. The number of carbonyl (C=O) groups is 1. The van der Waals surface area contributed by atoms with Crippen molar-refractivity contribution in [3.8, 4) is 5.69 Å². The first-order valence-electron chi connectivity index (χ1n) is 8.29. The van der Waals surface area contributed by atoms with E-state index in [0.717, 1.165) is 38.1 Å². The van der Waals surface area contributed by atoms with Gasteiger partial charge in [0.2, 0.25) is 0 Å². The molecule has 122 valence electrons. The summed E-state index contributed by atoms with van der Waals surface area (Å²) in [5.74, 6) is 0.0730. The average Bonchev–Trinajstić information content (AvgIpc) is 3.14. The van der Waals surface area contributed by atoms with E-state index in [1.807, 2.05) is 41.4 Å². The molecule has 0 radical (unpaired) electrons. The fraction of sp³-hybridized carbons (Fsp3) is 0.444. The first-order chi connectivity index (χ1) is 11.3. The van der Waals surface area contributed by atoms with Gasteiger partial charge in [0, 0.05) is 37.7 Å². The second-order valence-corrected chi connectivity index (χ2v) is 5.89. The van der Waals surface area contributed by atoms with Crippen LogP contribution in [0.3, 0.4) is 0 Å². The Hall–Kier alpha value is -2.14. The van der Waals surface area contributed by atoms with Crippen LogP contribution in [-0.4, -0.2) is 46.4 Å². The Labute approximate surface area is 136 Å². The molecular formula is C18H23N3O2. The van der Waals surface area contributed by atoms with E-state index in [9.17, 15) is 4.79 Å². The lowest BCUT2D eigenvalue weighted by molar-refractivity contribution is 0.00211. The van der Waals surface area contributed by atoms with Gasteiger partial charge in [0.15, 0.2) is 0 Å². The fourth-order valence-corrected chi connectivity index (χ4v) is 2.93. The van der Waals surface area contributed by atoms with Gasteiger partial charge in [-0.05, 0) is 43.5 Å². The van der Waals surface area contributed by atoms with E-state index in [0.29, 0.717) is 12.1 Å². The molecule has 0 spiro atoms. The number of hydrogen-bond donors (Lipinski definition) is 0. The molecule has 5 nitrogen and oxygen atoms in total. The van der Waals surface area contributed by atoms with Gasteiger partial charge in [0.1, 0.15) is 0 Å². The first kappa shape index (κ1) is 15.7. The number of hydrogen-bond acceptors (Lipinski definition) is 3. The zero-order chi connectivity index (χ0) is 16.1. The Morgan fingerprint density at radius 3 is 3.09 bits per heavy atom. The lowest BCUT2D eigenvalue weighted by Crippen LogP contribution is -2.43. The van der Waals surface area contributed by atoms with Crippen LogP contribution in [0.2, 0.25) is 0 Å². The van der Waals surface area contributed by atoms with Crippen molar-refractivity contribution in [1.29, 1.82) is 0 Å². The van der Waals surface area contributed by atoms with E-state index in [1.54, 1.807) is 10.9 Å². The number of aromatic nitrogens is 2. The molecule has 1 aromatic carbocycles. The summed E-state index contributed by atoms with van der Waals surface area (Å²) in [6.45, 7) is 4.36. The van der Waals surface area contributed by atoms with Crippen LogP contribution in [0, 0.1) is 0 Å². The Morgan fingerprint density at radius 1 is 1.39 bits per heavy atom. The van der Waals surface area contributed by atoms with E-state index in [2.05, 4.69) is 12.0 Å². The number of benzene rings is 1. The maximum absolute atomic E-state index is 12.8. The molecule has 5 heteroatoms. The minimum Gasteiger partial charge on any atom is -0.376 e. The van der Waals surface area contributed by atoms with Gasteiger partial charge in [-0.2, -0.15) is 5.10 Å². The average molecular weight is 313 g/mol. The molecular weight excluding hydrogens is 290 g/mol. The molecule has 1 saturated heterocycles. The number of likely N-dealkylation sites (tertiary alicyclic amines) is 1. The van der Waals surface area contributed by atoms with Gasteiger partial charge in [0.05, 0.1) is 11.8 Å². The van der Waals surface area contributed by atoms with Crippen molar-refractivity contribution in [3.63, 3.8) is 0 Å². The summed E-state index contributed by atoms with van der Waals surface area (Å²) in [6.07, 6.45) is 6.82. The molecule has 0 bridgehead atoms. The van der Waals surface area contributed by atoms with Gasteiger partial charge in [0.25, 0.3) is 5.91 Å². The molecule has 0 N–H and O–H groups in total. The first-order valence-corrected chi connectivity index (χ1v) is 8.29. The Morgan fingerprint density at radius 2 is 2.30 bits per heavy atom. The minimum absolute atomic E-state index is 0.0730. The number of carbonyl (C=O) groups excluding carboxylic acids is 1. The summed E-state index contributed by atoms with van der Waals surface area (Å²) in [5.41, 5.74) is 1.60. The molecule has 23 heavy (non-hydrogen) atoms. The zero-order valence-electron chi connectivity index (χ0n) is 13.5. The van der Waals surface area contributed by atoms with Gasteiger partial charge in [-0.3, -0.25) is 4.79 Å². The molecule has 2 aromatic rings. The van der Waals surface area contributed by atoms with Gasteiger partial charge in [-0.1, -0.05) is 13.0 Å². The summed E-state index contributed by atoms with van der Waals surface area (Å²) in [7, 11) is 0. The molecule has 0 saturated carbocycles. The third-order valence-electron chi connectivity index (χ3n) is 4.09. The number of amides is 1. The van der Waals surface area contributed by atoms with Gasteiger partial charge < -0.3 is 9.64 Å². The van der Waals surface area contributed by atoms with Crippen molar-refractivity contribution >= 4 is 5.91 Å². The Kier molecular flexibility index (Phi) is 5.08. The maximum atomic E-state index is 12.8. The fourth-order valence-electron chi connectivity index (χ4n) is 2.93.